The molecule has 0 spiro atoms. The lowest BCUT2D eigenvalue weighted by molar-refractivity contribution is 0.102. The third kappa shape index (κ3) is 3.13. The smallest absolute Gasteiger partial charge is 0.272 e. The van der Waals surface area contributed by atoms with E-state index in [0.717, 1.165) is 13.1 Å². The number of carbonyl (C=O) groups is 1. The van der Waals surface area contributed by atoms with Gasteiger partial charge in [0.1, 0.15) is 5.69 Å². The van der Waals surface area contributed by atoms with Crippen molar-refractivity contribution >= 4 is 17.3 Å². The number of nitrogens with zero attached hydrogens (tertiary/aromatic N) is 1. The van der Waals surface area contributed by atoms with Crippen LogP contribution in [0.25, 0.3) is 0 Å². The minimum Gasteiger partial charge on any atom is -0.372 e. The number of nitrogens with one attached hydrogen (secondary N) is 2. The lowest BCUT2D eigenvalue weighted by Crippen LogP contribution is -2.19. The zero-order valence-corrected chi connectivity index (χ0v) is 11.6. The van der Waals surface area contributed by atoms with Crippen molar-refractivity contribution in [1.29, 1.82) is 0 Å². The van der Waals surface area contributed by atoms with Gasteiger partial charge >= 0.3 is 0 Å². The maximum atomic E-state index is 12.0. The van der Waals surface area contributed by atoms with E-state index in [1.807, 2.05) is 24.3 Å². The molecule has 1 saturated heterocycles. The Morgan fingerprint density at radius 1 is 1.05 bits per heavy atom. The van der Waals surface area contributed by atoms with E-state index in [2.05, 4.69) is 15.2 Å². The van der Waals surface area contributed by atoms with Gasteiger partial charge in [0, 0.05) is 30.5 Å². The summed E-state index contributed by atoms with van der Waals surface area (Å²) in [5.41, 5.74) is 1.87. The fourth-order valence-electron chi connectivity index (χ4n) is 2.51. The third-order valence-corrected chi connectivity index (χ3v) is 3.61. The second kappa shape index (κ2) is 5.83. The average Bonchev–Trinajstić information content (AvgIpc) is 3.02. The fourth-order valence-corrected chi connectivity index (χ4v) is 2.51. The van der Waals surface area contributed by atoms with Crippen LogP contribution in [0.5, 0.6) is 0 Å². The number of hydrogen-bond donors (Lipinski definition) is 2. The molecule has 1 aliphatic heterocycles. The van der Waals surface area contributed by atoms with E-state index in [1.165, 1.54) is 24.6 Å². The van der Waals surface area contributed by atoms with Gasteiger partial charge in [-0.3, -0.25) is 9.59 Å². The van der Waals surface area contributed by atoms with Gasteiger partial charge in [0.15, 0.2) is 0 Å². The monoisotopic (exact) mass is 283 g/mol. The van der Waals surface area contributed by atoms with E-state index in [0.29, 0.717) is 5.69 Å². The molecule has 21 heavy (non-hydrogen) atoms. The molecule has 0 saturated carbocycles. The fraction of sp³-hybridized carbons (Fsp3) is 0.250. The Morgan fingerprint density at radius 3 is 2.43 bits per heavy atom. The van der Waals surface area contributed by atoms with Gasteiger partial charge in [0.25, 0.3) is 5.91 Å². The van der Waals surface area contributed by atoms with Crippen molar-refractivity contribution in [2.45, 2.75) is 12.8 Å². The SMILES string of the molecule is O=C(Nc1ccc(N2CCCC2)cc1)c1cccc(=O)[nH]1. The van der Waals surface area contributed by atoms with Gasteiger partial charge in [-0.25, -0.2) is 0 Å². The number of amides is 1. The van der Waals surface area contributed by atoms with Crippen molar-refractivity contribution in [3.05, 3.63) is 58.5 Å². The summed E-state index contributed by atoms with van der Waals surface area (Å²) >= 11 is 0. The standard InChI is InChI=1S/C16H17N3O2/c20-15-5-3-4-14(18-15)16(21)17-12-6-8-13(9-7-12)19-10-1-2-11-19/h3-9H,1-2,10-11H2,(H,17,21)(H,18,20). The summed E-state index contributed by atoms with van der Waals surface area (Å²) in [6, 6.07) is 12.3. The van der Waals surface area contributed by atoms with E-state index in [4.69, 9.17) is 0 Å². The number of H-pyrrole nitrogens is 1. The summed E-state index contributed by atoms with van der Waals surface area (Å²) in [5, 5.41) is 2.78. The predicted octanol–water partition coefficient (Wildman–Crippen LogP) is 2.23. The molecule has 2 aromatic rings. The number of aromatic nitrogens is 1. The first-order valence-electron chi connectivity index (χ1n) is 7.08. The van der Waals surface area contributed by atoms with E-state index in [-0.39, 0.29) is 17.2 Å². The van der Waals surface area contributed by atoms with Crippen LogP contribution in [0.2, 0.25) is 0 Å². The predicted molar refractivity (Wildman–Crippen MR) is 82.9 cm³/mol. The van der Waals surface area contributed by atoms with Crippen LogP contribution >= 0.6 is 0 Å². The van der Waals surface area contributed by atoms with E-state index < -0.39 is 0 Å². The van der Waals surface area contributed by atoms with E-state index >= 15 is 0 Å². The molecule has 1 aromatic heterocycles. The normalized spacial score (nSPS) is 14.2. The van der Waals surface area contributed by atoms with Gasteiger partial charge < -0.3 is 15.2 Å². The summed E-state index contributed by atoms with van der Waals surface area (Å²) in [6.45, 7) is 2.19. The Bertz CT molecular complexity index is 685. The molecular formula is C16H17N3O2. The molecule has 0 aliphatic carbocycles. The van der Waals surface area contributed by atoms with Crippen LogP contribution in [0, 0.1) is 0 Å². The van der Waals surface area contributed by atoms with Gasteiger partial charge in [-0.2, -0.15) is 0 Å². The average molecular weight is 283 g/mol. The van der Waals surface area contributed by atoms with Crippen LogP contribution in [0.1, 0.15) is 23.3 Å². The van der Waals surface area contributed by atoms with E-state index in [9.17, 15) is 9.59 Å². The molecule has 0 radical (unpaired) electrons. The summed E-state index contributed by atoms with van der Waals surface area (Å²) in [4.78, 5) is 28.1. The van der Waals surface area contributed by atoms with Gasteiger partial charge in [-0.15, -0.1) is 0 Å². The van der Waals surface area contributed by atoms with Gasteiger partial charge in [0.05, 0.1) is 0 Å². The molecule has 1 amide bonds. The van der Waals surface area contributed by atoms with Gasteiger partial charge in [0.2, 0.25) is 5.56 Å². The number of benzene rings is 1. The number of anilines is 2. The minimum atomic E-state index is -0.318. The summed E-state index contributed by atoms with van der Waals surface area (Å²) < 4.78 is 0. The molecule has 1 fully saturated rings. The van der Waals surface area contributed by atoms with Crippen LogP contribution < -0.4 is 15.8 Å². The lowest BCUT2D eigenvalue weighted by atomic mass is 10.2. The molecule has 0 bridgehead atoms. The first-order chi connectivity index (χ1) is 10.2. The topological polar surface area (TPSA) is 65.2 Å². The summed E-state index contributed by atoms with van der Waals surface area (Å²) in [7, 11) is 0. The number of hydrogen-bond acceptors (Lipinski definition) is 3. The van der Waals surface area contributed by atoms with Crippen LogP contribution in [0.4, 0.5) is 11.4 Å². The molecule has 3 rings (SSSR count). The number of aromatic amines is 1. The first kappa shape index (κ1) is 13.4. The molecule has 0 unspecified atom stereocenters. The molecule has 1 aromatic carbocycles. The zero-order chi connectivity index (χ0) is 14.7. The Labute approximate surface area is 122 Å². The Kier molecular flexibility index (Phi) is 3.73. The Morgan fingerprint density at radius 2 is 1.76 bits per heavy atom. The van der Waals surface area contributed by atoms with Crippen LogP contribution in [0.3, 0.4) is 0 Å². The van der Waals surface area contributed by atoms with Crippen molar-refractivity contribution < 1.29 is 4.79 Å². The maximum absolute atomic E-state index is 12.0. The highest BCUT2D eigenvalue weighted by Gasteiger charge is 2.12. The molecule has 5 heteroatoms. The molecule has 108 valence electrons. The molecule has 2 heterocycles. The third-order valence-electron chi connectivity index (χ3n) is 3.61. The van der Waals surface area contributed by atoms with Gasteiger partial charge in [-0.1, -0.05) is 6.07 Å². The van der Waals surface area contributed by atoms with Crippen molar-refractivity contribution in [2.75, 3.05) is 23.3 Å². The lowest BCUT2D eigenvalue weighted by Gasteiger charge is -2.17. The summed E-state index contributed by atoms with van der Waals surface area (Å²) in [6.07, 6.45) is 2.47. The highest BCUT2D eigenvalue weighted by Crippen LogP contribution is 2.22. The maximum Gasteiger partial charge on any atom is 0.272 e. The van der Waals surface area contributed by atoms with E-state index in [1.54, 1.807) is 12.1 Å². The van der Waals surface area contributed by atoms with Crippen molar-refractivity contribution in [3.8, 4) is 0 Å². The molecule has 2 N–H and O–H groups in total. The van der Waals surface area contributed by atoms with Crippen LogP contribution in [-0.2, 0) is 0 Å². The molecule has 0 atom stereocenters. The van der Waals surface area contributed by atoms with Crippen LogP contribution in [0.15, 0.2) is 47.3 Å². The number of pyridine rings is 1. The number of rotatable bonds is 3. The van der Waals surface area contributed by atoms with Crippen LogP contribution in [-0.4, -0.2) is 24.0 Å². The van der Waals surface area contributed by atoms with Crippen molar-refractivity contribution in [3.63, 3.8) is 0 Å². The Hall–Kier alpha value is -2.56. The number of carbonyl (C=O) groups excluding carboxylic acids is 1. The Balaban J connectivity index is 1.70. The highest BCUT2D eigenvalue weighted by atomic mass is 16.2. The van der Waals surface area contributed by atoms with Crippen molar-refractivity contribution in [2.24, 2.45) is 0 Å². The zero-order valence-electron chi connectivity index (χ0n) is 11.6. The first-order valence-corrected chi connectivity index (χ1v) is 7.08. The quantitative estimate of drug-likeness (QED) is 0.908. The summed E-state index contributed by atoms with van der Waals surface area (Å²) in [5.74, 6) is -0.318. The molecular weight excluding hydrogens is 266 g/mol. The highest BCUT2D eigenvalue weighted by molar-refractivity contribution is 6.02. The second-order valence-corrected chi connectivity index (χ2v) is 5.12. The second-order valence-electron chi connectivity index (χ2n) is 5.12. The van der Waals surface area contributed by atoms with Crippen molar-refractivity contribution in [1.82, 2.24) is 4.98 Å². The van der Waals surface area contributed by atoms with Gasteiger partial charge in [-0.05, 0) is 43.2 Å². The molecule has 1 aliphatic rings. The molecule has 5 nitrogen and oxygen atoms in total. The largest absolute Gasteiger partial charge is 0.372 e. The minimum absolute atomic E-state index is 0.256.